The van der Waals surface area contributed by atoms with Crippen molar-refractivity contribution in [1.82, 2.24) is 19.7 Å². The molecule has 2 aliphatic carbocycles. The average molecular weight is 322 g/mol. The lowest BCUT2D eigenvalue weighted by atomic mass is 9.83. The molecule has 0 radical (unpaired) electrons. The third-order valence-corrected chi connectivity index (χ3v) is 5.25. The van der Waals surface area contributed by atoms with Crippen LogP contribution in [0.1, 0.15) is 56.8 Å². The van der Waals surface area contributed by atoms with E-state index in [2.05, 4.69) is 15.1 Å². The van der Waals surface area contributed by atoms with Gasteiger partial charge in [-0.2, -0.15) is 5.10 Å². The number of fused-ring (bicyclic) bond motifs is 1. The third-order valence-electron chi connectivity index (χ3n) is 5.25. The van der Waals surface area contributed by atoms with Gasteiger partial charge in [-0.1, -0.05) is 19.3 Å². The van der Waals surface area contributed by atoms with Gasteiger partial charge in [0.1, 0.15) is 11.2 Å². The molecule has 2 heterocycles. The summed E-state index contributed by atoms with van der Waals surface area (Å²) in [4.78, 5) is 19.6. The van der Waals surface area contributed by atoms with Crippen LogP contribution in [0.25, 0.3) is 11.0 Å². The van der Waals surface area contributed by atoms with Gasteiger partial charge in [0.25, 0.3) is 5.56 Å². The van der Waals surface area contributed by atoms with Gasteiger partial charge in [0.15, 0.2) is 5.65 Å². The van der Waals surface area contributed by atoms with Crippen molar-refractivity contribution in [1.29, 1.82) is 0 Å². The molecule has 0 saturated heterocycles. The number of halogens is 2. The van der Waals surface area contributed by atoms with Gasteiger partial charge in [-0.3, -0.25) is 4.79 Å². The first kappa shape index (κ1) is 14.8. The van der Waals surface area contributed by atoms with Gasteiger partial charge in [0.05, 0.1) is 12.2 Å². The highest BCUT2D eigenvalue weighted by Crippen LogP contribution is 2.38. The fourth-order valence-electron chi connectivity index (χ4n) is 3.59. The van der Waals surface area contributed by atoms with Gasteiger partial charge in [-0.05, 0) is 18.8 Å². The Morgan fingerprint density at radius 3 is 2.65 bits per heavy atom. The summed E-state index contributed by atoms with van der Waals surface area (Å²) in [5.74, 6) is -1.28. The van der Waals surface area contributed by atoms with Crippen molar-refractivity contribution in [2.24, 2.45) is 5.92 Å². The van der Waals surface area contributed by atoms with Crippen LogP contribution < -0.4 is 5.56 Å². The van der Waals surface area contributed by atoms with E-state index in [1.165, 1.54) is 25.5 Å². The number of aromatic amines is 1. The Morgan fingerprint density at radius 1 is 1.26 bits per heavy atom. The van der Waals surface area contributed by atoms with Crippen molar-refractivity contribution in [3.05, 3.63) is 22.4 Å². The molecule has 0 unspecified atom stereocenters. The standard InChI is InChI=1S/C16H20F2N4O/c17-16(18)6-4-11(5-7-16)22-14-12(9-19-22)15(23)21-13(20-14)8-10-2-1-3-10/h9-11H,1-8H2,(H,20,21,23). The third kappa shape index (κ3) is 2.77. The zero-order valence-corrected chi connectivity index (χ0v) is 12.9. The maximum atomic E-state index is 13.4. The highest BCUT2D eigenvalue weighted by atomic mass is 19.3. The summed E-state index contributed by atoms with van der Waals surface area (Å²) in [6.45, 7) is 0. The molecule has 5 nitrogen and oxygen atoms in total. The van der Waals surface area contributed by atoms with E-state index in [4.69, 9.17) is 0 Å². The van der Waals surface area contributed by atoms with Crippen LogP contribution in [0.4, 0.5) is 8.78 Å². The number of hydrogen-bond acceptors (Lipinski definition) is 3. The van der Waals surface area contributed by atoms with E-state index < -0.39 is 5.92 Å². The molecule has 0 aromatic carbocycles. The van der Waals surface area contributed by atoms with E-state index in [1.807, 2.05) is 0 Å². The van der Waals surface area contributed by atoms with Crippen molar-refractivity contribution >= 4 is 11.0 Å². The molecule has 2 aliphatic rings. The van der Waals surface area contributed by atoms with Crippen LogP contribution >= 0.6 is 0 Å². The molecule has 0 bridgehead atoms. The lowest BCUT2D eigenvalue weighted by Crippen LogP contribution is -2.27. The Kier molecular flexibility index (Phi) is 3.46. The average Bonchev–Trinajstić information content (AvgIpc) is 2.87. The summed E-state index contributed by atoms with van der Waals surface area (Å²) in [6.07, 6.45) is 6.36. The predicted octanol–water partition coefficient (Wildman–Crippen LogP) is 3.21. The van der Waals surface area contributed by atoms with E-state index in [-0.39, 0.29) is 24.4 Å². The number of nitrogens with one attached hydrogen (secondary N) is 1. The highest BCUT2D eigenvalue weighted by molar-refractivity contribution is 5.73. The molecule has 124 valence electrons. The summed E-state index contributed by atoms with van der Waals surface area (Å²) < 4.78 is 28.4. The predicted molar refractivity (Wildman–Crippen MR) is 81.6 cm³/mol. The molecule has 0 aliphatic heterocycles. The lowest BCUT2D eigenvalue weighted by molar-refractivity contribution is -0.0446. The molecular weight excluding hydrogens is 302 g/mol. The van der Waals surface area contributed by atoms with Crippen molar-refractivity contribution in [3.63, 3.8) is 0 Å². The number of hydrogen-bond donors (Lipinski definition) is 1. The van der Waals surface area contributed by atoms with E-state index in [0.717, 1.165) is 6.42 Å². The monoisotopic (exact) mass is 322 g/mol. The molecule has 23 heavy (non-hydrogen) atoms. The molecule has 2 fully saturated rings. The van der Waals surface area contributed by atoms with Crippen LogP contribution in [0.2, 0.25) is 0 Å². The minimum atomic E-state index is -2.57. The fraction of sp³-hybridized carbons (Fsp3) is 0.688. The molecule has 0 spiro atoms. The topological polar surface area (TPSA) is 63.6 Å². The number of rotatable bonds is 3. The summed E-state index contributed by atoms with van der Waals surface area (Å²) in [6, 6.07) is -0.0991. The van der Waals surface area contributed by atoms with Gasteiger partial charge in [0.2, 0.25) is 5.92 Å². The van der Waals surface area contributed by atoms with Gasteiger partial charge < -0.3 is 4.98 Å². The number of aromatic nitrogens is 4. The molecule has 2 aromatic rings. The summed E-state index contributed by atoms with van der Waals surface area (Å²) in [7, 11) is 0. The molecular formula is C16H20F2N4O. The van der Waals surface area contributed by atoms with Crippen LogP contribution in [0.3, 0.4) is 0 Å². The van der Waals surface area contributed by atoms with E-state index in [9.17, 15) is 13.6 Å². The molecule has 7 heteroatoms. The molecule has 4 rings (SSSR count). The zero-order valence-electron chi connectivity index (χ0n) is 12.9. The van der Waals surface area contributed by atoms with Crippen LogP contribution in [0.5, 0.6) is 0 Å². The van der Waals surface area contributed by atoms with Crippen molar-refractivity contribution in [2.45, 2.75) is 63.3 Å². The second-order valence-corrected chi connectivity index (χ2v) is 6.93. The van der Waals surface area contributed by atoms with Crippen LogP contribution in [-0.4, -0.2) is 25.7 Å². The van der Waals surface area contributed by atoms with Gasteiger partial charge >= 0.3 is 0 Å². The van der Waals surface area contributed by atoms with Gasteiger partial charge in [0, 0.05) is 19.3 Å². The van der Waals surface area contributed by atoms with Crippen molar-refractivity contribution in [2.75, 3.05) is 0 Å². The van der Waals surface area contributed by atoms with Crippen LogP contribution in [0.15, 0.2) is 11.0 Å². The smallest absolute Gasteiger partial charge is 0.262 e. The lowest BCUT2D eigenvalue weighted by Gasteiger charge is -2.28. The quantitative estimate of drug-likeness (QED) is 0.944. The van der Waals surface area contributed by atoms with Crippen LogP contribution in [-0.2, 0) is 6.42 Å². The molecule has 1 N–H and O–H groups in total. The number of nitrogens with zero attached hydrogens (tertiary/aromatic N) is 3. The van der Waals surface area contributed by atoms with Crippen molar-refractivity contribution < 1.29 is 8.78 Å². The van der Waals surface area contributed by atoms with Gasteiger partial charge in [-0.25, -0.2) is 18.4 Å². The number of H-pyrrole nitrogens is 1. The first-order valence-corrected chi connectivity index (χ1v) is 8.36. The summed E-state index contributed by atoms with van der Waals surface area (Å²) in [5, 5.41) is 4.72. The number of alkyl halides is 2. The second-order valence-electron chi connectivity index (χ2n) is 6.93. The SMILES string of the molecule is O=c1[nH]c(CC2CCC2)nc2c1cnn2C1CCC(F)(F)CC1. The zero-order chi connectivity index (χ0) is 16.0. The Bertz CT molecular complexity index is 768. The molecule has 0 atom stereocenters. The maximum absolute atomic E-state index is 13.4. The summed E-state index contributed by atoms with van der Waals surface area (Å²) in [5.41, 5.74) is 0.356. The first-order valence-electron chi connectivity index (χ1n) is 8.36. The van der Waals surface area contributed by atoms with E-state index in [0.29, 0.717) is 35.6 Å². The molecule has 2 aromatic heterocycles. The first-order chi connectivity index (χ1) is 11.0. The largest absolute Gasteiger partial charge is 0.310 e. The minimum absolute atomic E-state index is 0.0991. The van der Waals surface area contributed by atoms with E-state index >= 15 is 0 Å². The molecule has 2 saturated carbocycles. The second kappa shape index (κ2) is 5.39. The van der Waals surface area contributed by atoms with Crippen LogP contribution in [0, 0.1) is 5.92 Å². The normalized spacial score (nSPS) is 22.3. The Morgan fingerprint density at radius 2 is 2.00 bits per heavy atom. The Labute approximate surface area is 132 Å². The maximum Gasteiger partial charge on any atom is 0.262 e. The minimum Gasteiger partial charge on any atom is -0.310 e. The summed E-state index contributed by atoms with van der Waals surface area (Å²) >= 11 is 0. The van der Waals surface area contributed by atoms with E-state index in [1.54, 1.807) is 4.68 Å². The fourth-order valence-corrected chi connectivity index (χ4v) is 3.59. The van der Waals surface area contributed by atoms with Crippen molar-refractivity contribution in [3.8, 4) is 0 Å². The highest BCUT2D eigenvalue weighted by Gasteiger charge is 2.36. The Hall–Kier alpha value is -1.79. The van der Waals surface area contributed by atoms with Gasteiger partial charge in [-0.15, -0.1) is 0 Å². The molecule has 0 amide bonds. The Balaban J connectivity index is 1.65.